The molecule has 1 atom stereocenters. The minimum atomic E-state index is -4.69. The maximum Gasteiger partial charge on any atom is 0.433 e. The normalized spacial score (nSPS) is 14.8. The Morgan fingerprint density at radius 3 is 2.56 bits per heavy atom. The van der Waals surface area contributed by atoms with Gasteiger partial charge in [-0.25, -0.2) is 19.8 Å². The van der Waals surface area contributed by atoms with Crippen LogP contribution in [0.3, 0.4) is 0 Å². The number of ether oxygens (including phenoxy) is 2. The molecule has 4 heterocycles. The Morgan fingerprint density at radius 2 is 1.88 bits per heavy atom. The van der Waals surface area contributed by atoms with Gasteiger partial charge in [0.15, 0.2) is 15.1 Å². The molecule has 5 aromatic rings. The highest BCUT2D eigenvalue weighted by Crippen LogP contribution is 2.37. The van der Waals surface area contributed by atoms with Crippen molar-refractivity contribution in [2.75, 3.05) is 13.7 Å². The van der Waals surface area contributed by atoms with Crippen molar-refractivity contribution in [1.82, 2.24) is 14.5 Å². The number of benzene rings is 2. The van der Waals surface area contributed by atoms with Crippen LogP contribution in [0.25, 0.3) is 17.3 Å². The van der Waals surface area contributed by atoms with Crippen molar-refractivity contribution in [2.45, 2.75) is 49.2 Å². The number of nitrogens with zero attached hydrogens (tertiary/aromatic N) is 4. The zero-order chi connectivity index (χ0) is 35.6. The van der Waals surface area contributed by atoms with Gasteiger partial charge in [-0.15, -0.1) is 0 Å². The van der Waals surface area contributed by atoms with Crippen LogP contribution in [0.15, 0.2) is 107 Å². The number of hydrogen-bond acceptors (Lipinski definition) is 10. The first kappa shape index (κ1) is 35.4. The number of aromatic nitrogens is 3. The lowest BCUT2D eigenvalue weighted by Crippen LogP contribution is -2.40. The molecular weight excluding hydrogens is 757 g/mol. The molecular formula is C35H28BrF3N4O5S2. The third-order valence-corrected chi connectivity index (χ3v) is 9.91. The number of carbonyl (C=O) groups excluding carboxylic acids is 1. The molecule has 0 saturated carbocycles. The van der Waals surface area contributed by atoms with Gasteiger partial charge in [0.1, 0.15) is 17.2 Å². The van der Waals surface area contributed by atoms with Gasteiger partial charge >= 0.3 is 12.1 Å². The Morgan fingerprint density at radius 1 is 1.10 bits per heavy atom. The average molecular weight is 786 g/mol. The van der Waals surface area contributed by atoms with Gasteiger partial charge in [-0.2, -0.15) is 13.2 Å². The average Bonchev–Trinajstić information content (AvgIpc) is 3.66. The molecule has 2 aromatic carbocycles. The van der Waals surface area contributed by atoms with E-state index in [9.17, 15) is 22.8 Å². The summed E-state index contributed by atoms with van der Waals surface area (Å²) in [6.07, 6.45) is -1.97. The molecule has 258 valence electrons. The summed E-state index contributed by atoms with van der Waals surface area (Å²) in [6, 6.07) is 17.1. The Bertz CT molecular complexity index is 2280. The first-order valence-corrected chi connectivity index (χ1v) is 17.8. The summed E-state index contributed by atoms with van der Waals surface area (Å²) in [5, 5.41) is 0.0673. The molecule has 15 heteroatoms. The number of hydrogen-bond donors (Lipinski definition) is 0. The van der Waals surface area contributed by atoms with Crippen LogP contribution in [0, 0.1) is 0 Å². The van der Waals surface area contributed by atoms with Crippen molar-refractivity contribution in [3.05, 3.63) is 119 Å². The minimum absolute atomic E-state index is 0.117. The second-order valence-electron chi connectivity index (χ2n) is 10.9. The van der Waals surface area contributed by atoms with Crippen LogP contribution >= 0.6 is 39.0 Å². The quantitative estimate of drug-likeness (QED) is 0.105. The van der Waals surface area contributed by atoms with E-state index in [-0.39, 0.29) is 38.4 Å². The van der Waals surface area contributed by atoms with Gasteiger partial charge in [-0.3, -0.25) is 9.36 Å². The highest BCUT2D eigenvalue weighted by Gasteiger charge is 2.35. The second-order valence-corrected chi connectivity index (χ2v) is 13.7. The lowest BCUT2D eigenvalue weighted by atomic mass is 9.94. The maximum absolute atomic E-state index is 14.1. The fourth-order valence-electron chi connectivity index (χ4n) is 5.35. The molecule has 1 aliphatic heterocycles. The zero-order valence-corrected chi connectivity index (χ0v) is 30.0. The number of esters is 1. The van der Waals surface area contributed by atoms with Crippen LogP contribution < -0.4 is 19.6 Å². The number of carbonyl (C=O) groups is 1. The first-order valence-electron chi connectivity index (χ1n) is 15.4. The molecule has 0 radical (unpaired) electrons. The standard InChI is InChI=1S/C35H28BrF3N4O5S2/c1-4-9-23-29(32(45)47-5-2)30(20-12-14-25(46-3)22(36)16-20)43-31(44)26(49-34(43)41-23)17-21-13-15-28(48-21)50-33-40-24(19-10-7-6-8-11-19)18-27(42-33)35(37,38)39/h6-8,10-18,30H,4-5,9H2,1-3H3/b26-17+/t30-/m0/s1. The summed E-state index contributed by atoms with van der Waals surface area (Å²) in [6.45, 7) is 3.82. The molecule has 0 aliphatic carbocycles. The van der Waals surface area contributed by atoms with E-state index in [1.54, 1.807) is 74.7 Å². The van der Waals surface area contributed by atoms with Crippen molar-refractivity contribution in [3.63, 3.8) is 0 Å². The van der Waals surface area contributed by atoms with Gasteiger partial charge in [-0.1, -0.05) is 61.1 Å². The first-order chi connectivity index (χ1) is 24.0. The van der Waals surface area contributed by atoms with Crippen LogP contribution in [-0.4, -0.2) is 34.2 Å². The van der Waals surface area contributed by atoms with Crippen LogP contribution in [0.4, 0.5) is 13.2 Å². The third-order valence-electron chi connectivity index (χ3n) is 7.52. The van der Waals surface area contributed by atoms with Gasteiger partial charge in [-0.05, 0) is 76.9 Å². The summed E-state index contributed by atoms with van der Waals surface area (Å²) >= 11 is 5.48. The summed E-state index contributed by atoms with van der Waals surface area (Å²) in [4.78, 5) is 40.8. The van der Waals surface area contributed by atoms with Gasteiger partial charge in [0.25, 0.3) is 5.56 Å². The number of furan rings is 1. The highest BCUT2D eigenvalue weighted by atomic mass is 79.9. The molecule has 3 aromatic heterocycles. The third kappa shape index (κ3) is 7.35. The van der Waals surface area contributed by atoms with Crippen molar-refractivity contribution in [3.8, 4) is 17.0 Å². The molecule has 0 spiro atoms. The second kappa shape index (κ2) is 14.8. The molecule has 6 rings (SSSR count). The van der Waals surface area contributed by atoms with E-state index < -0.39 is 29.4 Å². The Hall–Kier alpha value is -4.47. The molecule has 1 aliphatic rings. The molecule has 0 N–H and O–H groups in total. The number of rotatable bonds is 10. The number of methoxy groups -OCH3 is 1. The monoisotopic (exact) mass is 784 g/mol. The largest absolute Gasteiger partial charge is 0.496 e. The number of fused-ring (bicyclic) bond motifs is 1. The van der Waals surface area contributed by atoms with Crippen molar-refractivity contribution < 1.29 is 31.9 Å². The topological polar surface area (TPSA) is 109 Å². The van der Waals surface area contributed by atoms with E-state index in [0.29, 0.717) is 44.7 Å². The molecule has 0 bridgehead atoms. The van der Waals surface area contributed by atoms with E-state index in [4.69, 9.17) is 18.9 Å². The van der Waals surface area contributed by atoms with Crippen molar-refractivity contribution in [2.24, 2.45) is 4.99 Å². The number of allylic oxidation sites excluding steroid dienone is 1. The van der Waals surface area contributed by atoms with Crippen molar-refractivity contribution in [1.29, 1.82) is 0 Å². The number of halogens is 4. The minimum Gasteiger partial charge on any atom is -0.496 e. The molecule has 0 fully saturated rings. The molecule has 0 amide bonds. The molecule has 50 heavy (non-hydrogen) atoms. The van der Waals surface area contributed by atoms with E-state index in [2.05, 4.69) is 25.9 Å². The lowest BCUT2D eigenvalue weighted by molar-refractivity contribution is -0.141. The fourth-order valence-corrected chi connectivity index (χ4v) is 7.65. The zero-order valence-electron chi connectivity index (χ0n) is 26.8. The summed E-state index contributed by atoms with van der Waals surface area (Å²) in [5.74, 6) is 0.288. The number of thiazole rings is 1. The summed E-state index contributed by atoms with van der Waals surface area (Å²) < 4.78 is 60.4. The van der Waals surface area contributed by atoms with Gasteiger partial charge in [0.05, 0.1) is 45.7 Å². The van der Waals surface area contributed by atoms with Crippen LogP contribution in [0.5, 0.6) is 5.75 Å². The SMILES string of the molecule is CCCC1=C(C(=O)OCC)[C@H](c2ccc(OC)c(Br)c2)n2c(s/c(=C/c3ccc(Sc4nc(-c5ccccc5)cc(C(F)(F)F)n4)o3)c2=O)=N1. The molecule has 0 unspecified atom stereocenters. The molecule has 9 nitrogen and oxygen atoms in total. The highest BCUT2D eigenvalue weighted by molar-refractivity contribution is 9.10. The lowest BCUT2D eigenvalue weighted by Gasteiger charge is -2.26. The predicted molar refractivity (Wildman–Crippen MR) is 186 cm³/mol. The van der Waals surface area contributed by atoms with Crippen LogP contribution in [0.2, 0.25) is 0 Å². The Balaban J connectivity index is 1.41. The Kier molecular flexibility index (Phi) is 10.5. The fraction of sp³-hybridized carbons (Fsp3) is 0.229. The van der Waals surface area contributed by atoms with Gasteiger partial charge < -0.3 is 13.9 Å². The van der Waals surface area contributed by atoms with Gasteiger partial charge in [0.2, 0.25) is 0 Å². The van der Waals surface area contributed by atoms with Gasteiger partial charge in [0, 0.05) is 11.6 Å². The van der Waals surface area contributed by atoms with E-state index in [0.717, 1.165) is 29.2 Å². The van der Waals surface area contributed by atoms with E-state index in [1.165, 1.54) is 10.6 Å². The molecule has 0 saturated heterocycles. The van der Waals surface area contributed by atoms with Crippen LogP contribution in [0.1, 0.15) is 49.7 Å². The predicted octanol–water partition coefficient (Wildman–Crippen LogP) is 7.57. The van der Waals surface area contributed by atoms with Crippen LogP contribution in [-0.2, 0) is 15.7 Å². The smallest absolute Gasteiger partial charge is 0.433 e. The van der Waals surface area contributed by atoms with E-state index in [1.807, 2.05) is 6.92 Å². The summed E-state index contributed by atoms with van der Waals surface area (Å²) in [7, 11) is 1.54. The van der Waals surface area contributed by atoms with Crippen molar-refractivity contribution >= 4 is 51.1 Å². The number of alkyl halides is 3. The van der Waals surface area contributed by atoms with E-state index >= 15 is 0 Å². The summed E-state index contributed by atoms with van der Waals surface area (Å²) in [5.41, 5.74) is 0.579. The maximum atomic E-state index is 14.1. The Labute approximate surface area is 300 Å².